The van der Waals surface area contributed by atoms with E-state index in [-0.39, 0.29) is 18.4 Å². The average Bonchev–Trinajstić information content (AvgIpc) is 2.89. The zero-order chi connectivity index (χ0) is 24.2. The van der Waals surface area contributed by atoms with Gasteiger partial charge in [0.25, 0.3) is 0 Å². The Hall–Kier alpha value is -2.88. The maximum Gasteiger partial charge on any atom is 0.149 e. The lowest BCUT2D eigenvalue weighted by atomic mass is 9.94. The van der Waals surface area contributed by atoms with Gasteiger partial charge < -0.3 is 20.0 Å². The first kappa shape index (κ1) is 26.2. The van der Waals surface area contributed by atoms with Gasteiger partial charge in [0.2, 0.25) is 0 Å². The molecule has 0 radical (unpaired) electrons. The van der Waals surface area contributed by atoms with Crippen molar-refractivity contribution in [1.82, 2.24) is 20.1 Å². The van der Waals surface area contributed by atoms with Crippen LogP contribution in [-0.2, 0) is 19.5 Å². The molecule has 5 rings (SSSR count). The van der Waals surface area contributed by atoms with Crippen molar-refractivity contribution in [2.45, 2.75) is 32.0 Å². The molecule has 2 saturated heterocycles. The normalized spacial score (nSPS) is 20.7. The third-order valence-electron chi connectivity index (χ3n) is 7.49. The van der Waals surface area contributed by atoms with E-state index >= 15 is 0 Å². The summed E-state index contributed by atoms with van der Waals surface area (Å²) in [6.45, 7) is 8.76. The van der Waals surface area contributed by atoms with E-state index in [2.05, 4.69) is 74.4 Å². The summed E-state index contributed by atoms with van der Waals surface area (Å²) < 4.78 is 0. The Balaban J connectivity index is 0.00000304. The molecule has 1 unspecified atom stereocenters. The first-order chi connectivity index (χ1) is 17.2. The number of pyridine rings is 1. The number of piperazine rings is 2. The molecule has 1 atom stereocenters. The fourth-order valence-electron chi connectivity index (χ4n) is 5.52. The predicted octanol–water partition coefficient (Wildman–Crippen LogP) is 2.38. The first-order valence-electron chi connectivity index (χ1n) is 12.7. The topological polar surface area (TPSA) is 85.5 Å². The number of nitriles is 2. The zero-order valence-corrected chi connectivity index (χ0v) is 21.8. The second-order valence-corrected chi connectivity index (χ2v) is 9.90. The predicted molar refractivity (Wildman–Crippen MR) is 144 cm³/mol. The van der Waals surface area contributed by atoms with E-state index in [0.717, 1.165) is 94.6 Å². The van der Waals surface area contributed by atoms with Crippen LogP contribution in [0.2, 0.25) is 0 Å². The summed E-state index contributed by atoms with van der Waals surface area (Å²) in [4.78, 5) is 14.6. The van der Waals surface area contributed by atoms with Crippen molar-refractivity contribution in [3.05, 3.63) is 52.6 Å². The SMILES string of the molecule is CN1CCN(c2nc(N3CCNC(CC#N)C3)c3c(c2C#N)CN(Cc2ccccc2)CC3)CC1.Cl. The molecular weight excluding hydrogens is 472 g/mol. The van der Waals surface area contributed by atoms with Crippen LogP contribution >= 0.6 is 12.4 Å². The van der Waals surface area contributed by atoms with Gasteiger partial charge in [-0.1, -0.05) is 30.3 Å². The van der Waals surface area contributed by atoms with Crippen molar-refractivity contribution >= 4 is 24.0 Å². The summed E-state index contributed by atoms with van der Waals surface area (Å²) >= 11 is 0. The maximum absolute atomic E-state index is 10.3. The summed E-state index contributed by atoms with van der Waals surface area (Å²) in [7, 11) is 2.14. The van der Waals surface area contributed by atoms with Gasteiger partial charge in [-0.05, 0) is 24.6 Å². The number of anilines is 2. The van der Waals surface area contributed by atoms with Crippen LogP contribution in [0.5, 0.6) is 0 Å². The minimum Gasteiger partial charge on any atom is -0.353 e. The molecule has 1 aromatic heterocycles. The molecule has 1 N–H and O–H groups in total. The number of halogens is 1. The quantitative estimate of drug-likeness (QED) is 0.661. The summed E-state index contributed by atoms with van der Waals surface area (Å²) in [5.74, 6) is 1.86. The Kier molecular flexibility index (Phi) is 8.66. The molecule has 2 aromatic rings. The Morgan fingerprint density at radius 3 is 2.47 bits per heavy atom. The Bertz CT molecular complexity index is 1120. The molecule has 1 aromatic carbocycles. The molecule has 190 valence electrons. The average molecular weight is 507 g/mol. The summed E-state index contributed by atoms with van der Waals surface area (Å²) in [6, 6.07) is 15.6. The number of hydrogen-bond acceptors (Lipinski definition) is 8. The van der Waals surface area contributed by atoms with Crippen LogP contribution < -0.4 is 15.1 Å². The highest BCUT2D eigenvalue weighted by atomic mass is 35.5. The molecule has 0 amide bonds. The number of fused-ring (bicyclic) bond motifs is 1. The smallest absolute Gasteiger partial charge is 0.149 e. The van der Waals surface area contributed by atoms with E-state index in [1.165, 1.54) is 11.1 Å². The van der Waals surface area contributed by atoms with Gasteiger partial charge in [0, 0.05) is 77.1 Å². The van der Waals surface area contributed by atoms with Crippen LogP contribution in [0.15, 0.2) is 30.3 Å². The number of hydrogen-bond donors (Lipinski definition) is 1. The van der Waals surface area contributed by atoms with Gasteiger partial charge in [-0.2, -0.15) is 10.5 Å². The molecule has 9 heteroatoms. The fraction of sp³-hybridized carbons (Fsp3) is 0.519. The van der Waals surface area contributed by atoms with Crippen molar-refractivity contribution in [2.75, 3.05) is 69.2 Å². The summed E-state index contributed by atoms with van der Waals surface area (Å²) in [5.41, 5.74) is 4.41. The lowest BCUT2D eigenvalue weighted by Crippen LogP contribution is -2.51. The molecule has 0 bridgehead atoms. The number of nitrogens with one attached hydrogen (secondary N) is 1. The highest BCUT2D eigenvalue weighted by Gasteiger charge is 2.32. The lowest BCUT2D eigenvalue weighted by Gasteiger charge is -2.40. The van der Waals surface area contributed by atoms with Gasteiger partial charge in [-0.25, -0.2) is 4.98 Å². The number of rotatable bonds is 5. The van der Waals surface area contributed by atoms with E-state index in [9.17, 15) is 10.5 Å². The Morgan fingerprint density at radius 1 is 0.972 bits per heavy atom. The van der Waals surface area contributed by atoms with Gasteiger partial charge in [0.1, 0.15) is 17.7 Å². The Morgan fingerprint density at radius 2 is 1.75 bits per heavy atom. The van der Waals surface area contributed by atoms with Crippen LogP contribution in [0, 0.1) is 22.7 Å². The molecule has 0 aliphatic carbocycles. The van der Waals surface area contributed by atoms with E-state index in [1.807, 2.05) is 0 Å². The highest BCUT2D eigenvalue weighted by molar-refractivity contribution is 5.85. The number of benzene rings is 1. The van der Waals surface area contributed by atoms with Crippen LogP contribution in [0.25, 0.3) is 0 Å². The van der Waals surface area contributed by atoms with E-state index in [0.29, 0.717) is 6.42 Å². The molecule has 3 aliphatic rings. The van der Waals surface area contributed by atoms with Crippen molar-refractivity contribution in [2.24, 2.45) is 0 Å². The molecule has 0 spiro atoms. The van der Waals surface area contributed by atoms with Gasteiger partial charge in [-0.15, -0.1) is 12.4 Å². The van der Waals surface area contributed by atoms with E-state index in [4.69, 9.17) is 4.98 Å². The van der Waals surface area contributed by atoms with E-state index < -0.39 is 0 Å². The second-order valence-electron chi connectivity index (χ2n) is 9.90. The van der Waals surface area contributed by atoms with Gasteiger partial charge >= 0.3 is 0 Å². The second kappa shape index (κ2) is 11.9. The third-order valence-corrected chi connectivity index (χ3v) is 7.49. The maximum atomic E-state index is 10.3. The third kappa shape index (κ3) is 5.58. The highest BCUT2D eigenvalue weighted by Crippen LogP contribution is 2.36. The largest absolute Gasteiger partial charge is 0.353 e. The van der Waals surface area contributed by atoms with Gasteiger partial charge in [0.15, 0.2) is 0 Å². The fourth-order valence-corrected chi connectivity index (χ4v) is 5.52. The molecule has 3 aliphatic heterocycles. The van der Waals surface area contributed by atoms with Crippen molar-refractivity contribution < 1.29 is 0 Å². The Labute approximate surface area is 220 Å². The summed E-state index contributed by atoms with van der Waals surface area (Å²) in [5, 5.41) is 23.1. The number of likely N-dealkylation sites (N-methyl/N-ethyl adjacent to an activating group) is 1. The van der Waals surface area contributed by atoms with Crippen LogP contribution in [0.4, 0.5) is 11.6 Å². The van der Waals surface area contributed by atoms with Crippen LogP contribution in [-0.4, -0.2) is 80.2 Å². The van der Waals surface area contributed by atoms with Crippen molar-refractivity contribution in [3.63, 3.8) is 0 Å². The standard InChI is InChI=1S/C27H34N8.ClH/c1-32-13-15-34(16-14-32)27-24(17-29)25-20-33(18-21-5-3-2-4-6-21)11-8-23(25)26(31-27)35-12-10-30-22(19-35)7-9-28;/h2-6,22,30H,7-8,10-16,18-20H2,1H3;1H. The molecule has 36 heavy (non-hydrogen) atoms. The van der Waals surface area contributed by atoms with Crippen molar-refractivity contribution in [3.8, 4) is 12.1 Å². The van der Waals surface area contributed by atoms with Gasteiger partial charge in [0.05, 0.1) is 18.1 Å². The molecule has 0 saturated carbocycles. The minimum absolute atomic E-state index is 0. The zero-order valence-electron chi connectivity index (χ0n) is 21.0. The first-order valence-corrected chi connectivity index (χ1v) is 12.7. The monoisotopic (exact) mass is 506 g/mol. The minimum atomic E-state index is 0. The number of aromatic nitrogens is 1. The molecular formula is C27H35ClN8. The molecule has 8 nitrogen and oxygen atoms in total. The summed E-state index contributed by atoms with van der Waals surface area (Å²) in [6.07, 6.45) is 1.38. The van der Waals surface area contributed by atoms with Gasteiger partial charge in [-0.3, -0.25) is 4.90 Å². The van der Waals surface area contributed by atoms with Crippen molar-refractivity contribution in [1.29, 1.82) is 10.5 Å². The molecule has 4 heterocycles. The van der Waals surface area contributed by atoms with E-state index in [1.54, 1.807) is 0 Å². The van der Waals surface area contributed by atoms with Crippen LogP contribution in [0.3, 0.4) is 0 Å². The lowest BCUT2D eigenvalue weighted by molar-refractivity contribution is 0.245. The number of nitrogens with zero attached hydrogens (tertiary/aromatic N) is 7. The van der Waals surface area contributed by atoms with Crippen LogP contribution in [0.1, 0.15) is 28.7 Å². The molecule has 2 fully saturated rings.